The molecule has 0 spiro atoms. The SMILES string of the molecule is CC1=C(C#N)C(=O)c2c1c(O)n(C)c2C. The monoisotopic (exact) mass is 202 g/mol. The second-order valence-corrected chi connectivity index (χ2v) is 3.66. The van der Waals surface area contributed by atoms with Crippen LogP contribution in [0.2, 0.25) is 0 Å². The number of hydrogen-bond acceptors (Lipinski definition) is 3. The lowest BCUT2D eigenvalue weighted by molar-refractivity contribution is 0.104. The Bertz CT molecular complexity index is 556. The Morgan fingerprint density at radius 2 is 1.93 bits per heavy atom. The summed E-state index contributed by atoms with van der Waals surface area (Å²) < 4.78 is 1.56. The maximum Gasteiger partial charge on any atom is 0.206 e. The Balaban J connectivity index is 2.86. The van der Waals surface area contributed by atoms with Crippen LogP contribution < -0.4 is 0 Å². The van der Waals surface area contributed by atoms with E-state index in [4.69, 9.17) is 5.26 Å². The third kappa shape index (κ3) is 0.922. The molecule has 0 atom stereocenters. The zero-order chi connectivity index (χ0) is 11.3. The number of aromatic hydroxyl groups is 1. The van der Waals surface area contributed by atoms with Crippen molar-refractivity contribution in [3.8, 4) is 11.9 Å². The number of carbonyl (C=O) groups excluding carboxylic acids is 1. The summed E-state index contributed by atoms with van der Waals surface area (Å²) in [6.07, 6.45) is 0. The first kappa shape index (κ1) is 9.53. The molecule has 76 valence electrons. The highest BCUT2D eigenvalue weighted by atomic mass is 16.3. The summed E-state index contributed by atoms with van der Waals surface area (Å²) in [4.78, 5) is 11.8. The summed E-state index contributed by atoms with van der Waals surface area (Å²) in [5.41, 5.74) is 2.37. The van der Waals surface area contributed by atoms with E-state index in [1.807, 2.05) is 6.07 Å². The fraction of sp³-hybridized carbons (Fsp3) is 0.273. The molecule has 1 aliphatic rings. The van der Waals surface area contributed by atoms with E-state index < -0.39 is 0 Å². The number of nitrogens with zero attached hydrogens (tertiary/aromatic N) is 2. The molecule has 0 amide bonds. The molecular formula is C11H10N2O2. The molecule has 0 fully saturated rings. The lowest BCUT2D eigenvalue weighted by Gasteiger charge is -2.00. The van der Waals surface area contributed by atoms with Crippen molar-refractivity contribution in [3.05, 3.63) is 22.4 Å². The molecule has 0 unspecified atom stereocenters. The number of fused-ring (bicyclic) bond motifs is 1. The van der Waals surface area contributed by atoms with Crippen LogP contribution in [0.15, 0.2) is 5.57 Å². The van der Waals surface area contributed by atoms with Gasteiger partial charge in [-0.2, -0.15) is 5.26 Å². The van der Waals surface area contributed by atoms with E-state index in [1.54, 1.807) is 25.5 Å². The smallest absolute Gasteiger partial charge is 0.206 e. The molecule has 2 rings (SSSR count). The van der Waals surface area contributed by atoms with Crippen LogP contribution >= 0.6 is 0 Å². The third-order valence-corrected chi connectivity index (χ3v) is 2.97. The van der Waals surface area contributed by atoms with Gasteiger partial charge in [0.05, 0.1) is 11.1 Å². The van der Waals surface area contributed by atoms with Crippen molar-refractivity contribution in [2.24, 2.45) is 7.05 Å². The van der Waals surface area contributed by atoms with Crippen LogP contribution in [0.4, 0.5) is 0 Å². The molecule has 0 saturated heterocycles. The number of ketones is 1. The molecule has 1 aromatic rings. The first-order chi connectivity index (χ1) is 7.00. The summed E-state index contributed by atoms with van der Waals surface area (Å²) in [7, 11) is 1.69. The van der Waals surface area contributed by atoms with Crippen LogP contribution in [-0.4, -0.2) is 15.5 Å². The van der Waals surface area contributed by atoms with Crippen molar-refractivity contribution in [2.75, 3.05) is 0 Å². The van der Waals surface area contributed by atoms with E-state index in [1.165, 1.54) is 0 Å². The van der Waals surface area contributed by atoms with Crippen molar-refractivity contribution < 1.29 is 9.90 Å². The standard InChI is InChI=1S/C11H10N2O2/c1-5-7(4-12)10(14)9-6(2)13(3)11(15)8(5)9/h15H,1-3H3. The molecule has 0 aliphatic heterocycles. The van der Waals surface area contributed by atoms with E-state index in [9.17, 15) is 9.90 Å². The minimum absolute atomic E-state index is 0.0543. The van der Waals surface area contributed by atoms with Gasteiger partial charge in [0.1, 0.15) is 11.6 Å². The summed E-state index contributed by atoms with van der Waals surface area (Å²) in [5.74, 6) is -0.225. The second-order valence-electron chi connectivity index (χ2n) is 3.66. The fourth-order valence-corrected chi connectivity index (χ4v) is 1.97. The van der Waals surface area contributed by atoms with Gasteiger partial charge in [-0.1, -0.05) is 0 Å². The van der Waals surface area contributed by atoms with Crippen LogP contribution in [0.25, 0.3) is 5.57 Å². The van der Waals surface area contributed by atoms with Gasteiger partial charge in [-0.05, 0) is 19.4 Å². The fourth-order valence-electron chi connectivity index (χ4n) is 1.97. The van der Waals surface area contributed by atoms with Crippen LogP contribution in [0.3, 0.4) is 0 Å². The van der Waals surface area contributed by atoms with Gasteiger partial charge in [0.25, 0.3) is 0 Å². The van der Waals surface area contributed by atoms with E-state index in [0.717, 1.165) is 0 Å². The van der Waals surface area contributed by atoms with Gasteiger partial charge in [-0.3, -0.25) is 4.79 Å². The minimum atomic E-state index is -0.279. The molecule has 1 N–H and O–H groups in total. The Morgan fingerprint density at radius 3 is 2.40 bits per heavy atom. The number of Topliss-reactive ketones (excluding diaryl/α,β-unsaturated/α-hetero) is 1. The highest BCUT2D eigenvalue weighted by Crippen LogP contribution is 2.41. The van der Waals surface area contributed by atoms with Crippen molar-refractivity contribution in [1.82, 2.24) is 4.57 Å². The first-order valence-electron chi connectivity index (χ1n) is 4.55. The number of rotatable bonds is 0. The lowest BCUT2D eigenvalue weighted by Crippen LogP contribution is -2.01. The number of aromatic nitrogens is 1. The summed E-state index contributed by atoms with van der Waals surface area (Å²) >= 11 is 0. The Hall–Kier alpha value is -2.02. The average Bonchev–Trinajstić information content (AvgIpc) is 2.58. The van der Waals surface area contributed by atoms with E-state index in [0.29, 0.717) is 22.4 Å². The van der Waals surface area contributed by atoms with Crippen molar-refractivity contribution in [2.45, 2.75) is 13.8 Å². The number of carbonyl (C=O) groups is 1. The van der Waals surface area contributed by atoms with E-state index >= 15 is 0 Å². The van der Waals surface area contributed by atoms with Crippen LogP contribution in [-0.2, 0) is 7.05 Å². The molecule has 1 aliphatic carbocycles. The van der Waals surface area contributed by atoms with Crippen LogP contribution in [0, 0.1) is 18.3 Å². The predicted molar refractivity (Wildman–Crippen MR) is 54.4 cm³/mol. The topological polar surface area (TPSA) is 66.0 Å². The highest BCUT2D eigenvalue weighted by Gasteiger charge is 2.34. The van der Waals surface area contributed by atoms with E-state index in [-0.39, 0.29) is 17.2 Å². The van der Waals surface area contributed by atoms with Gasteiger partial charge in [0.15, 0.2) is 5.88 Å². The summed E-state index contributed by atoms with van der Waals surface area (Å²) in [6, 6.07) is 1.88. The Morgan fingerprint density at radius 1 is 1.33 bits per heavy atom. The van der Waals surface area contributed by atoms with Crippen molar-refractivity contribution >= 4 is 11.4 Å². The normalized spacial score (nSPS) is 14.4. The second kappa shape index (κ2) is 2.74. The maximum absolute atomic E-state index is 11.8. The minimum Gasteiger partial charge on any atom is -0.494 e. The molecule has 1 heterocycles. The highest BCUT2D eigenvalue weighted by molar-refractivity contribution is 6.24. The third-order valence-electron chi connectivity index (χ3n) is 2.97. The molecule has 1 aromatic heterocycles. The summed E-state index contributed by atoms with van der Waals surface area (Å²) in [6.45, 7) is 3.44. The van der Waals surface area contributed by atoms with Crippen LogP contribution in [0.5, 0.6) is 5.88 Å². The van der Waals surface area contributed by atoms with Gasteiger partial charge >= 0.3 is 0 Å². The number of nitriles is 1. The van der Waals surface area contributed by atoms with Gasteiger partial charge in [0, 0.05) is 12.7 Å². The maximum atomic E-state index is 11.8. The van der Waals surface area contributed by atoms with Gasteiger partial charge in [-0.15, -0.1) is 0 Å². The summed E-state index contributed by atoms with van der Waals surface area (Å²) in [5, 5.41) is 18.6. The first-order valence-corrected chi connectivity index (χ1v) is 4.55. The molecule has 0 bridgehead atoms. The molecule has 4 nitrogen and oxygen atoms in total. The molecular weight excluding hydrogens is 192 g/mol. The largest absolute Gasteiger partial charge is 0.494 e. The Kier molecular flexibility index (Phi) is 1.74. The average molecular weight is 202 g/mol. The predicted octanol–water partition coefficient (Wildman–Crippen LogP) is 1.53. The Labute approximate surface area is 87.1 Å². The number of allylic oxidation sites excluding steroid dienone is 2. The molecule has 4 heteroatoms. The van der Waals surface area contributed by atoms with Crippen molar-refractivity contribution in [3.63, 3.8) is 0 Å². The lowest BCUT2D eigenvalue weighted by atomic mass is 10.1. The van der Waals surface area contributed by atoms with Gasteiger partial charge in [0.2, 0.25) is 5.78 Å². The molecule has 0 saturated carbocycles. The number of hydrogen-bond donors (Lipinski definition) is 1. The zero-order valence-corrected chi connectivity index (χ0v) is 8.75. The van der Waals surface area contributed by atoms with Gasteiger partial charge in [-0.25, -0.2) is 0 Å². The van der Waals surface area contributed by atoms with E-state index in [2.05, 4.69) is 0 Å². The molecule has 0 radical (unpaired) electrons. The quantitative estimate of drug-likeness (QED) is 0.693. The van der Waals surface area contributed by atoms with Crippen molar-refractivity contribution in [1.29, 1.82) is 5.26 Å². The van der Waals surface area contributed by atoms with Gasteiger partial charge < -0.3 is 9.67 Å². The molecule has 15 heavy (non-hydrogen) atoms. The zero-order valence-electron chi connectivity index (χ0n) is 8.75. The molecule has 0 aromatic carbocycles. The van der Waals surface area contributed by atoms with Crippen LogP contribution in [0.1, 0.15) is 28.5 Å².